The van der Waals surface area contributed by atoms with Crippen LogP contribution in [0.3, 0.4) is 0 Å². The summed E-state index contributed by atoms with van der Waals surface area (Å²) in [5.74, 6) is 5.67. The number of rotatable bonds is 4. The number of fused-ring (bicyclic) bond motifs is 3. The molecule has 0 heterocycles. The molecule has 0 fully saturated rings. The molecule has 1 amide bonds. The highest BCUT2D eigenvalue weighted by molar-refractivity contribution is 6.33. The smallest absolute Gasteiger partial charge is 0.407 e. The minimum atomic E-state index is -0.534. The standard InChI is InChI=1S/C25H18ClNO3/c26-24-13-5-7-17(22(24)15-28)8-6-14-27-25(29)30-16-23-20-11-3-1-9-18(20)19-10-2-4-12-21(19)23/h1-5,7,9-13,15,23H,14,16H2,(H,27,29). The van der Waals surface area contributed by atoms with Crippen LogP contribution in [-0.4, -0.2) is 25.5 Å². The molecule has 0 aromatic heterocycles. The third-order valence-corrected chi connectivity index (χ3v) is 5.39. The van der Waals surface area contributed by atoms with E-state index in [9.17, 15) is 9.59 Å². The number of nitrogens with one attached hydrogen (secondary N) is 1. The van der Waals surface area contributed by atoms with Gasteiger partial charge in [-0.3, -0.25) is 4.79 Å². The summed E-state index contributed by atoms with van der Waals surface area (Å²) >= 11 is 5.98. The van der Waals surface area contributed by atoms with Gasteiger partial charge >= 0.3 is 6.09 Å². The summed E-state index contributed by atoms with van der Waals surface area (Å²) in [6.07, 6.45) is 0.138. The Morgan fingerprint density at radius 2 is 1.67 bits per heavy atom. The van der Waals surface area contributed by atoms with Crippen molar-refractivity contribution < 1.29 is 14.3 Å². The van der Waals surface area contributed by atoms with Gasteiger partial charge in [0.1, 0.15) is 6.61 Å². The van der Waals surface area contributed by atoms with Gasteiger partial charge in [0.05, 0.1) is 11.6 Å². The molecule has 0 spiro atoms. The van der Waals surface area contributed by atoms with E-state index in [2.05, 4.69) is 41.4 Å². The number of benzene rings is 3. The van der Waals surface area contributed by atoms with Crippen LogP contribution in [0.4, 0.5) is 4.79 Å². The molecule has 1 aliphatic carbocycles. The van der Waals surface area contributed by atoms with Crippen LogP contribution in [0.5, 0.6) is 0 Å². The van der Waals surface area contributed by atoms with E-state index in [0.29, 0.717) is 22.4 Å². The monoisotopic (exact) mass is 415 g/mol. The van der Waals surface area contributed by atoms with E-state index in [1.165, 1.54) is 11.1 Å². The number of aldehydes is 1. The van der Waals surface area contributed by atoms with E-state index < -0.39 is 6.09 Å². The number of hydrogen-bond donors (Lipinski definition) is 1. The van der Waals surface area contributed by atoms with Crippen molar-refractivity contribution in [1.29, 1.82) is 0 Å². The van der Waals surface area contributed by atoms with Gasteiger partial charge < -0.3 is 10.1 Å². The van der Waals surface area contributed by atoms with E-state index in [1.807, 2.05) is 24.3 Å². The van der Waals surface area contributed by atoms with Crippen molar-refractivity contribution in [2.75, 3.05) is 13.2 Å². The summed E-state index contributed by atoms with van der Waals surface area (Å²) in [6.45, 7) is 0.346. The van der Waals surface area contributed by atoms with Crippen molar-refractivity contribution in [3.63, 3.8) is 0 Å². The topological polar surface area (TPSA) is 55.4 Å². The molecule has 3 aromatic carbocycles. The van der Waals surface area contributed by atoms with Crippen LogP contribution in [-0.2, 0) is 4.74 Å². The molecular formula is C25H18ClNO3. The van der Waals surface area contributed by atoms with Gasteiger partial charge in [-0.25, -0.2) is 4.79 Å². The summed E-state index contributed by atoms with van der Waals surface area (Å²) in [6, 6.07) is 21.4. The molecule has 0 aliphatic heterocycles. The summed E-state index contributed by atoms with van der Waals surface area (Å²) in [4.78, 5) is 23.3. The summed E-state index contributed by atoms with van der Waals surface area (Å²) in [7, 11) is 0. The highest BCUT2D eigenvalue weighted by Crippen LogP contribution is 2.44. The van der Waals surface area contributed by atoms with Gasteiger partial charge in [-0.1, -0.05) is 78.0 Å². The maximum Gasteiger partial charge on any atom is 0.407 e. The first-order chi connectivity index (χ1) is 14.7. The molecule has 0 saturated heterocycles. The molecule has 1 aliphatic rings. The predicted octanol–water partition coefficient (Wildman–Crippen LogP) is 5.04. The van der Waals surface area contributed by atoms with Crippen LogP contribution < -0.4 is 5.32 Å². The number of alkyl carbamates (subject to hydrolysis) is 1. The van der Waals surface area contributed by atoms with Gasteiger partial charge in [-0.2, -0.15) is 0 Å². The lowest BCUT2D eigenvalue weighted by molar-refractivity contribution is 0.112. The Morgan fingerprint density at radius 1 is 1.00 bits per heavy atom. The highest BCUT2D eigenvalue weighted by atomic mass is 35.5. The molecule has 30 heavy (non-hydrogen) atoms. The molecule has 4 nitrogen and oxygen atoms in total. The molecule has 4 rings (SSSR count). The second-order valence-electron chi connectivity index (χ2n) is 6.80. The van der Waals surface area contributed by atoms with E-state index in [-0.39, 0.29) is 19.1 Å². The SMILES string of the molecule is O=Cc1c(Cl)cccc1C#CCNC(=O)OCC1c2ccccc2-c2ccccc21. The minimum Gasteiger partial charge on any atom is -0.449 e. The number of hydrogen-bond acceptors (Lipinski definition) is 3. The lowest BCUT2D eigenvalue weighted by Gasteiger charge is -2.14. The van der Waals surface area contributed by atoms with Crippen molar-refractivity contribution in [2.24, 2.45) is 0 Å². The maximum atomic E-state index is 12.1. The van der Waals surface area contributed by atoms with Crippen LogP contribution in [0, 0.1) is 11.8 Å². The van der Waals surface area contributed by atoms with Crippen LogP contribution >= 0.6 is 11.6 Å². The molecule has 1 N–H and O–H groups in total. The van der Waals surface area contributed by atoms with E-state index >= 15 is 0 Å². The second kappa shape index (κ2) is 8.86. The Bertz CT molecular complexity index is 1130. The average Bonchev–Trinajstić information content (AvgIpc) is 3.09. The van der Waals surface area contributed by atoms with Gasteiger partial charge in [0, 0.05) is 17.0 Å². The third-order valence-electron chi connectivity index (χ3n) is 5.06. The zero-order valence-corrected chi connectivity index (χ0v) is 16.8. The van der Waals surface area contributed by atoms with Gasteiger partial charge in [0.15, 0.2) is 6.29 Å². The Hall–Kier alpha value is -3.55. The lowest BCUT2D eigenvalue weighted by Crippen LogP contribution is -2.26. The first kappa shape index (κ1) is 19.8. The number of carbonyl (C=O) groups excluding carboxylic acids is 2. The Labute approximate surface area is 179 Å². The third kappa shape index (κ3) is 3.94. The van der Waals surface area contributed by atoms with E-state index in [1.54, 1.807) is 18.2 Å². The van der Waals surface area contributed by atoms with Gasteiger partial charge in [-0.05, 0) is 34.4 Å². The van der Waals surface area contributed by atoms with E-state index in [4.69, 9.17) is 16.3 Å². The van der Waals surface area contributed by atoms with Gasteiger partial charge in [-0.15, -0.1) is 0 Å². The number of halogens is 1. The molecular weight excluding hydrogens is 398 g/mol. The zero-order valence-electron chi connectivity index (χ0n) is 16.0. The molecule has 0 unspecified atom stereocenters. The number of carbonyl (C=O) groups is 2. The fourth-order valence-corrected chi connectivity index (χ4v) is 3.89. The van der Waals surface area contributed by atoms with Crippen molar-refractivity contribution in [2.45, 2.75) is 5.92 Å². The fraction of sp³-hybridized carbons (Fsp3) is 0.120. The Balaban J connectivity index is 1.37. The van der Waals surface area contributed by atoms with Crippen molar-refractivity contribution >= 4 is 24.0 Å². The fourth-order valence-electron chi connectivity index (χ4n) is 3.67. The van der Waals surface area contributed by atoms with Crippen LogP contribution in [0.25, 0.3) is 11.1 Å². The lowest BCUT2D eigenvalue weighted by atomic mass is 9.98. The average molecular weight is 416 g/mol. The molecule has 0 saturated carbocycles. The van der Waals surface area contributed by atoms with Crippen LogP contribution in [0.15, 0.2) is 66.7 Å². The van der Waals surface area contributed by atoms with E-state index in [0.717, 1.165) is 11.1 Å². The first-order valence-corrected chi connectivity index (χ1v) is 9.88. The normalized spacial score (nSPS) is 11.6. The predicted molar refractivity (Wildman–Crippen MR) is 117 cm³/mol. The quantitative estimate of drug-likeness (QED) is 0.479. The van der Waals surface area contributed by atoms with Crippen molar-refractivity contribution in [3.8, 4) is 23.0 Å². The molecule has 0 radical (unpaired) electrons. The van der Waals surface area contributed by atoms with Gasteiger partial charge in [0.25, 0.3) is 0 Å². The second-order valence-corrected chi connectivity index (χ2v) is 7.21. The Morgan fingerprint density at radius 3 is 2.33 bits per heavy atom. The zero-order chi connectivity index (χ0) is 20.9. The van der Waals surface area contributed by atoms with Gasteiger partial charge in [0.2, 0.25) is 0 Å². The molecule has 0 atom stereocenters. The summed E-state index contributed by atoms with van der Waals surface area (Å²) < 4.78 is 5.46. The number of ether oxygens (including phenoxy) is 1. The van der Waals surface area contributed by atoms with Crippen LogP contribution in [0.2, 0.25) is 5.02 Å². The van der Waals surface area contributed by atoms with Crippen LogP contribution in [0.1, 0.15) is 33.0 Å². The molecule has 0 bridgehead atoms. The van der Waals surface area contributed by atoms with Crippen molar-refractivity contribution in [3.05, 3.63) is 94.0 Å². The molecule has 5 heteroatoms. The minimum absolute atomic E-state index is 0.0100. The summed E-state index contributed by atoms with van der Waals surface area (Å²) in [5, 5.41) is 2.97. The van der Waals surface area contributed by atoms with Crippen molar-refractivity contribution in [1.82, 2.24) is 5.32 Å². The largest absolute Gasteiger partial charge is 0.449 e. The molecule has 3 aromatic rings. The maximum absolute atomic E-state index is 12.1. The highest BCUT2D eigenvalue weighted by Gasteiger charge is 2.28. The summed E-state index contributed by atoms with van der Waals surface area (Å²) in [5.41, 5.74) is 5.54. The first-order valence-electron chi connectivity index (χ1n) is 9.50. The molecule has 148 valence electrons. The number of amides is 1. The Kier molecular flexibility index (Phi) is 5.83.